The smallest absolute Gasteiger partial charge is 0.223 e. The van der Waals surface area contributed by atoms with Crippen molar-refractivity contribution in [2.24, 2.45) is 11.8 Å². The molecule has 1 aliphatic carbocycles. The molecule has 1 saturated heterocycles. The van der Waals surface area contributed by atoms with Gasteiger partial charge < -0.3 is 5.32 Å². The van der Waals surface area contributed by atoms with Crippen LogP contribution >= 0.6 is 0 Å². The molecule has 1 heterocycles. The average Bonchev–Trinajstić information content (AvgIpc) is 3.04. The predicted octanol–water partition coefficient (Wildman–Crippen LogP) is 3.77. The highest BCUT2D eigenvalue weighted by Crippen LogP contribution is 2.49. The van der Waals surface area contributed by atoms with Crippen molar-refractivity contribution in [1.82, 2.24) is 10.2 Å². The van der Waals surface area contributed by atoms with Crippen LogP contribution in [0.1, 0.15) is 50.7 Å². The highest BCUT2D eigenvalue weighted by Gasteiger charge is 2.49. The summed E-state index contributed by atoms with van der Waals surface area (Å²) in [4.78, 5) is 14.2. The Kier molecular flexibility index (Phi) is 5.42. The zero-order valence-electron chi connectivity index (χ0n) is 15.2. The van der Waals surface area contributed by atoms with Crippen molar-refractivity contribution in [2.75, 3.05) is 19.6 Å². The normalized spacial score (nSPS) is 26.7. The first-order valence-corrected chi connectivity index (χ1v) is 9.35. The zero-order chi connectivity index (χ0) is 18.0. The number of carbonyl (C=O) groups excluding carboxylic acids is 1. The number of carbonyl (C=O) groups is 1. The summed E-state index contributed by atoms with van der Waals surface area (Å²) in [6, 6.07) is 4.72. The van der Waals surface area contributed by atoms with E-state index in [-0.39, 0.29) is 30.5 Å². The van der Waals surface area contributed by atoms with Crippen molar-refractivity contribution in [3.63, 3.8) is 0 Å². The molecule has 2 fully saturated rings. The molecule has 2 aliphatic rings. The van der Waals surface area contributed by atoms with Gasteiger partial charge in [0.2, 0.25) is 5.91 Å². The quantitative estimate of drug-likeness (QED) is 0.847. The predicted molar refractivity (Wildman–Crippen MR) is 94.3 cm³/mol. The molecule has 1 aliphatic heterocycles. The number of hydrogen-bond donors (Lipinski definition) is 1. The molecule has 1 saturated carbocycles. The third kappa shape index (κ3) is 4.20. The SMILES string of the molecule is CC(C)CNC(=O)[C@H]1C[C@@](F)(c2ccc(CN3CCCC3)c(F)c2)C1. The highest BCUT2D eigenvalue weighted by atomic mass is 19.1. The Bertz CT molecular complexity index is 620. The third-order valence-electron chi connectivity index (χ3n) is 5.36. The van der Waals surface area contributed by atoms with E-state index in [4.69, 9.17) is 0 Å². The lowest BCUT2D eigenvalue weighted by molar-refractivity contribution is -0.134. The minimum Gasteiger partial charge on any atom is -0.356 e. The molecule has 1 aromatic rings. The van der Waals surface area contributed by atoms with Gasteiger partial charge in [-0.3, -0.25) is 9.69 Å². The van der Waals surface area contributed by atoms with Crippen LogP contribution in [0.25, 0.3) is 0 Å². The third-order valence-corrected chi connectivity index (χ3v) is 5.36. The summed E-state index contributed by atoms with van der Waals surface area (Å²) in [5.41, 5.74) is -0.588. The first kappa shape index (κ1) is 18.3. The standard InChI is InChI=1S/C20H28F2N2O/c1-14(2)12-23-19(25)16-10-20(22,11-16)17-6-5-15(18(21)9-17)13-24-7-3-4-8-24/h5-6,9,14,16H,3-4,7-8,10-13H2,1-2H3,(H,23,25)/t16-,20-. The van der Waals surface area contributed by atoms with Gasteiger partial charge in [-0.2, -0.15) is 0 Å². The van der Waals surface area contributed by atoms with E-state index in [0.717, 1.165) is 25.9 Å². The second-order valence-electron chi connectivity index (χ2n) is 8.00. The Balaban J connectivity index is 1.58. The maximum atomic E-state index is 15.0. The summed E-state index contributed by atoms with van der Waals surface area (Å²) in [6.45, 7) is 7.24. The second-order valence-corrected chi connectivity index (χ2v) is 8.00. The summed E-state index contributed by atoms with van der Waals surface area (Å²) in [5, 5.41) is 2.85. The van der Waals surface area contributed by atoms with Crippen molar-refractivity contribution >= 4 is 5.91 Å². The van der Waals surface area contributed by atoms with Crippen molar-refractivity contribution in [3.8, 4) is 0 Å². The Morgan fingerprint density at radius 2 is 2.00 bits per heavy atom. The number of rotatable bonds is 6. The number of hydrogen-bond acceptors (Lipinski definition) is 2. The van der Waals surface area contributed by atoms with E-state index in [1.54, 1.807) is 12.1 Å². The lowest BCUT2D eigenvalue weighted by atomic mass is 9.68. The van der Waals surface area contributed by atoms with Gasteiger partial charge in [0, 0.05) is 24.6 Å². The fourth-order valence-corrected chi connectivity index (χ4v) is 3.73. The second kappa shape index (κ2) is 7.40. The Labute approximate surface area is 148 Å². The maximum Gasteiger partial charge on any atom is 0.223 e. The van der Waals surface area contributed by atoms with Crippen LogP contribution in [0.15, 0.2) is 18.2 Å². The molecule has 1 N–H and O–H groups in total. The van der Waals surface area contributed by atoms with E-state index < -0.39 is 5.67 Å². The largest absolute Gasteiger partial charge is 0.356 e. The minimum absolute atomic E-state index is 0.0897. The number of nitrogens with one attached hydrogen (secondary N) is 1. The number of halogens is 2. The zero-order valence-corrected chi connectivity index (χ0v) is 15.2. The molecular weight excluding hydrogens is 322 g/mol. The van der Waals surface area contributed by atoms with Gasteiger partial charge in [0.15, 0.2) is 0 Å². The van der Waals surface area contributed by atoms with Crippen LogP contribution in [0.5, 0.6) is 0 Å². The van der Waals surface area contributed by atoms with Crippen molar-refractivity contribution < 1.29 is 13.6 Å². The van der Waals surface area contributed by atoms with Gasteiger partial charge in [-0.1, -0.05) is 26.0 Å². The molecular formula is C20H28F2N2O. The molecule has 0 radical (unpaired) electrons. The fraction of sp³-hybridized carbons (Fsp3) is 0.650. The molecule has 3 rings (SSSR count). The van der Waals surface area contributed by atoms with Crippen LogP contribution in [0.3, 0.4) is 0 Å². The van der Waals surface area contributed by atoms with Gasteiger partial charge >= 0.3 is 0 Å². The Hall–Kier alpha value is -1.49. The van der Waals surface area contributed by atoms with Crippen LogP contribution in [0, 0.1) is 17.7 Å². The molecule has 1 aromatic carbocycles. The Morgan fingerprint density at radius 3 is 2.60 bits per heavy atom. The number of benzene rings is 1. The van der Waals surface area contributed by atoms with Crippen LogP contribution in [-0.2, 0) is 17.0 Å². The highest BCUT2D eigenvalue weighted by molar-refractivity contribution is 5.80. The van der Waals surface area contributed by atoms with E-state index in [0.29, 0.717) is 30.1 Å². The molecule has 0 bridgehead atoms. The summed E-state index contributed by atoms with van der Waals surface area (Å²) in [7, 11) is 0. The number of likely N-dealkylation sites (tertiary alicyclic amines) is 1. The summed E-state index contributed by atoms with van der Waals surface area (Å²) in [6.07, 6.45) is 2.60. The molecule has 0 spiro atoms. The molecule has 25 heavy (non-hydrogen) atoms. The van der Waals surface area contributed by atoms with Crippen molar-refractivity contribution in [1.29, 1.82) is 0 Å². The van der Waals surface area contributed by atoms with Crippen LogP contribution in [0.4, 0.5) is 8.78 Å². The average molecular weight is 350 g/mol. The van der Waals surface area contributed by atoms with Gasteiger partial charge in [0.25, 0.3) is 0 Å². The molecule has 0 atom stereocenters. The monoisotopic (exact) mass is 350 g/mol. The van der Waals surface area contributed by atoms with E-state index in [1.807, 2.05) is 13.8 Å². The maximum absolute atomic E-state index is 15.0. The van der Waals surface area contributed by atoms with E-state index in [9.17, 15) is 9.18 Å². The van der Waals surface area contributed by atoms with Crippen LogP contribution < -0.4 is 5.32 Å². The topological polar surface area (TPSA) is 32.3 Å². The Morgan fingerprint density at radius 1 is 1.32 bits per heavy atom. The van der Waals surface area contributed by atoms with Crippen LogP contribution in [0.2, 0.25) is 0 Å². The molecule has 0 aromatic heterocycles. The van der Waals surface area contributed by atoms with E-state index in [2.05, 4.69) is 10.2 Å². The first-order valence-electron chi connectivity index (χ1n) is 9.35. The number of amides is 1. The minimum atomic E-state index is -1.58. The van der Waals surface area contributed by atoms with Gasteiger partial charge in [0.1, 0.15) is 11.5 Å². The lowest BCUT2D eigenvalue weighted by Gasteiger charge is -2.41. The lowest BCUT2D eigenvalue weighted by Crippen LogP contribution is -2.46. The van der Waals surface area contributed by atoms with E-state index in [1.165, 1.54) is 6.07 Å². The molecule has 1 amide bonds. The fourth-order valence-electron chi connectivity index (χ4n) is 3.73. The van der Waals surface area contributed by atoms with E-state index >= 15 is 4.39 Å². The van der Waals surface area contributed by atoms with Crippen molar-refractivity contribution in [3.05, 3.63) is 35.1 Å². The molecule has 138 valence electrons. The van der Waals surface area contributed by atoms with Gasteiger partial charge in [0.05, 0.1) is 0 Å². The van der Waals surface area contributed by atoms with Gasteiger partial charge in [-0.15, -0.1) is 0 Å². The van der Waals surface area contributed by atoms with Gasteiger partial charge in [-0.05, 0) is 56.3 Å². The molecule has 3 nitrogen and oxygen atoms in total. The first-order chi connectivity index (χ1) is 11.9. The van der Waals surface area contributed by atoms with Crippen molar-refractivity contribution in [2.45, 2.75) is 51.7 Å². The summed E-state index contributed by atoms with van der Waals surface area (Å²) < 4.78 is 29.4. The van der Waals surface area contributed by atoms with Crippen LogP contribution in [-0.4, -0.2) is 30.4 Å². The summed E-state index contributed by atoms with van der Waals surface area (Å²) >= 11 is 0. The van der Waals surface area contributed by atoms with Gasteiger partial charge in [-0.25, -0.2) is 8.78 Å². The number of nitrogens with zero attached hydrogens (tertiary/aromatic N) is 1. The molecule has 5 heteroatoms. The number of alkyl halides is 1. The summed E-state index contributed by atoms with van der Waals surface area (Å²) in [5.74, 6) is -0.366. The molecule has 0 unspecified atom stereocenters.